The Kier molecular flexibility index (Phi) is 5.13. The van der Waals surface area contributed by atoms with Crippen molar-refractivity contribution in [3.63, 3.8) is 0 Å². The molecule has 2 aromatic heterocycles. The first-order valence-corrected chi connectivity index (χ1v) is 10.3. The van der Waals surface area contributed by atoms with E-state index in [1.54, 1.807) is 18.3 Å². The lowest BCUT2D eigenvalue weighted by Gasteiger charge is -2.23. The van der Waals surface area contributed by atoms with E-state index in [4.69, 9.17) is 4.74 Å². The first-order chi connectivity index (χ1) is 13.6. The number of pyridine rings is 1. The van der Waals surface area contributed by atoms with Crippen LogP contribution < -0.4 is 0 Å². The molecule has 5 nitrogen and oxygen atoms in total. The summed E-state index contributed by atoms with van der Waals surface area (Å²) in [5, 5.41) is 2.94. The first kappa shape index (κ1) is 18.6. The van der Waals surface area contributed by atoms with Crippen molar-refractivity contribution in [2.75, 3.05) is 13.2 Å². The van der Waals surface area contributed by atoms with Crippen molar-refractivity contribution in [2.45, 2.75) is 32.7 Å². The molecular weight excluding hydrogens is 372 g/mol. The smallest absolute Gasteiger partial charge is 0.340 e. The highest BCUT2D eigenvalue weighted by Crippen LogP contribution is 2.34. The number of carbonyl (C=O) groups is 2. The lowest BCUT2D eigenvalue weighted by molar-refractivity contribution is -0.135. The number of thiophene rings is 1. The van der Waals surface area contributed by atoms with E-state index in [1.165, 1.54) is 4.88 Å². The van der Waals surface area contributed by atoms with Crippen molar-refractivity contribution in [1.29, 1.82) is 0 Å². The van der Waals surface area contributed by atoms with E-state index >= 15 is 0 Å². The maximum Gasteiger partial charge on any atom is 0.340 e. The summed E-state index contributed by atoms with van der Waals surface area (Å²) in [4.78, 5) is 33.0. The normalized spacial score (nSPS) is 16.5. The highest BCUT2D eigenvalue weighted by Gasteiger charge is 2.31. The molecule has 1 aromatic carbocycles. The molecule has 0 spiro atoms. The second kappa shape index (κ2) is 7.72. The third-order valence-corrected chi connectivity index (χ3v) is 6.28. The van der Waals surface area contributed by atoms with Gasteiger partial charge in [-0.1, -0.05) is 24.3 Å². The van der Waals surface area contributed by atoms with Gasteiger partial charge in [-0.25, -0.2) is 4.79 Å². The Balaban J connectivity index is 1.49. The lowest BCUT2D eigenvalue weighted by Crippen LogP contribution is -2.34. The standard InChI is InChI=1S/C22H22N2O3S/c1-14-16-7-3-4-8-17(16)23-15(2)21(14)22(26)27-13-20(25)24-11-5-9-18(24)19-10-6-12-28-19/h3-4,6-8,10,12,18H,5,9,11,13H2,1-2H3. The van der Waals surface area contributed by atoms with Gasteiger partial charge in [-0.3, -0.25) is 9.78 Å². The van der Waals surface area contributed by atoms with Crippen LogP contribution in [-0.2, 0) is 9.53 Å². The van der Waals surface area contributed by atoms with Crippen LogP contribution in [0.4, 0.5) is 0 Å². The average molecular weight is 394 g/mol. The number of hydrogen-bond donors (Lipinski definition) is 0. The second-order valence-electron chi connectivity index (χ2n) is 7.05. The zero-order valence-corrected chi connectivity index (χ0v) is 16.8. The minimum atomic E-state index is -0.492. The van der Waals surface area contributed by atoms with Crippen LogP contribution in [0.3, 0.4) is 0 Å². The van der Waals surface area contributed by atoms with Crippen molar-refractivity contribution in [1.82, 2.24) is 9.88 Å². The third-order valence-electron chi connectivity index (χ3n) is 5.31. The van der Waals surface area contributed by atoms with Crippen LogP contribution in [0.1, 0.15) is 45.4 Å². The summed E-state index contributed by atoms with van der Waals surface area (Å²) in [6.07, 6.45) is 1.92. The topological polar surface area (TPSA) is 59.5 Å². The maximum absolute atomic E-state index is 12.7. The van der Waals surface area contributed by atoms with Gasteiger partial charge in [0.15, 0.2) is 6.61 Å². The first-order valence-electron chi connectivity index (χ1n) is 9.42. The Hall–Kier alpha value is -2.73. The van der Waals surface area contributed by atoms with Gasteiger partial charge in [0.05, 0.1) is 22.8 Å². The van der Waals surface area contributed by atoms with E-state index < -0.39 is 5.97 Å². The number of nitrogens with zero attached hydrogens (tertiary/aromatic N) is 2. The fourth-order valence-corrected chi connectivity index (χ4v) is 4.83. The average Bonchev–Trinajstić information content (AvgIpc) is 3.37. The van der Waals surface area contributed by atoms with E-state index in [0.29, 0.717) is 17.8 Å². The molecule has 0 radical (unpaired) electrons. The molecule has 1 amide bonds. The van der Waals surface area contributed by atoms with Crippen LogP contribution in [0.5, 0.6) is 0 Å². The Morgan fingerprint density at radius 2 is 2.04 bits per heavy atom. The molecule has 0 bridgehead atoms. The molecule has 4 rings (SSSR count). The van der Waals surface area contributed by atoms with Crippen LogP contribution in [0.25, 0.3) is 10.9 Å². The number of rotatable bonds is 4. The molecule has 6 heteroatoms. The highest BCUT2D eigenvalue weighted by molar-refractivity contribution is 7.10. The van der Waals surface area contributed by atoms with Crippen LogP contribution in [-0.4, -0.2) is 34.9 Å². The summed E-state index contributed by atoms with van der Waals surface area (Å²) < 4.78 is 5.41. The Morgan fingerprint density at radius 1 is 1.21 bits per heavy atom. The summed E-state index contributed by atoms with van der Waals surface area (Å²) >= 11 is 1.66. The van der Waals surface area contributed by atoms with Crippen molar-refractivity contribution in [3.05, 3.63) is 63.5 Å². The van der Waals surface area contributed by atoms with E-state index in [2.05, 4.69) is 11.1 Å². The summed E-state index contributed by atoms with van der Waals surface area (Å²) in [6, 6.07) is 11.9. The molecule has 1 fully saturated rings. The molecule has 1 atom stereocenters. The van der Waals surface area contributed by atoms with Gasteiger partial charge in [-0.15, -0.1) is 11.3 Å². The predicted octanol–water partition coefficient (Wildman–Crippen LogP) is 4.43. The minimum Gasteiger partial charge on any atom is -0.452 e. The number of carbonyl (C=O) groups excluding carboxylic acids is 2. The molecule has 0 saturated carbocycles. The van der Waals surface area contributed by atoms with E-state index in [0.717, 1.165) is 29.3 Å². The van der Waals surface area contributed by atoms with Gasteiger partial charge in [-0.05, 0) is 49.8 Å². The monoisotopic (exact) mass is 394 g/mol. The quantitative estimate of drug-likeness (QED) is 0.614. The molecule has 0 aliphatic carbocycles. The Morgan fingerprint density at radius 3 is 2.82 bits per heavy atom. The number of esters is 1. The SMILES string of the molecule is Cc1nc2ccccc2c(C)c1C(=O)OCC(=O)N1CCCC1c1cccs1. The molecule has 0 N–H and O–H groups in total. The molecule has 144 valence electrons. The zero-order valence-electron chi connectivity index (χ0n) is 16.0. The fourth-order valence-electron chi connectivity index (χ4n) is 3.96. The largest absolute Gasteiger partial charge is 0.452 e. The maximum atomic E-state index is 12.7. The number of fused-ring (bicyclic) bond motifs is 1. The van der Waals surface area contributed by atoms with Crippen molar-refractivity contribution in [3.8, 4) is 0 Å². The summed E-state index contributed by atoms with van der Waals surface area (Å²) in [7, 11) is 0. The molecular formula is C22H22N2O3S. The Bertz CT molecular complexity index is 1030. The number of likely N-dealkylation sites (tertiary alicyclic amines) is 1. The summed E-state index contributed by atoms with van der Waals surface area (Å²) in [5.74, 6) is -0.637. The van der Waals surface area contributed by atoms with Gasteiger partial charge in [-0.2, -0.15) is 0 Å². The van der Waals surface area contributed by atoms with Crippen molar-refractivity contribution < 1.29 is 14.3 Å². The van der Waals surface area contributed by atoms with E-state index in [1.807, 2.05) is 47.5 Å². The number of ether oxygens (including phenoxy) is 1. The predicted molar refractivity (Wildman–Crippen MR) is 110 cm³/mol. The number of aryl methyl sites for hydroxylation is 2. The molecule has 1 saturated heterocycles. The lowest BCUT2D eigenvalue weighted by atomic mass is 10.0. The van der Waals surface area contributed by atoms with Gasteiger partial charge >= 0.3 is 5.97 Å². The summed E-state index contributed by atoms with van der Waals surface area (Å²) in [6.45, 7) is 4.15. The molecule has 28 heavy (non-hydrogen) atoms. The van der Waals surface area contributed by atoms with Gasteiger partial charge in [0, 0.05) is 16.8 Å². The zero-order chi connectivity index (χ0) is 19.7. The number of hydrogen-bond acceptors (Lipinski definition) is 5. The van der Waals surface area contributed by atoms with Crippen LogP contribution in [0.2, 0.25) is 0 Å². The highest BCUT2D eigenvalue weighted by atomic mass is 32.1. The Labute approximate surface area is 168 Å². The van der Waals surface area contributed by atoms with Gasteiger partial charge < -0.3 is 9.64 Å². The number of aromatic nitrogens is 1. The van der Waals surface area contributed by atoms with Gasteiger partial charge in [0.1, 0.15) is 0 Å². The molecule has 1 unspecified atom stereocenters. The van der Waals surface area contributed by atoms with E-state index in [9.17, 15) is 9.59 Å². The minimum absolute atomic E-state index is 0.0945. The van der Waals surface area contributed by atoms with Gasteiger partial charge in [0.2, 0.25) is 0 Å². The van der Waals surface area contributed by atoms with E-state index in [-0.39, 0.29) is 18.6 Å². The summed E-state index contributed by atoms with van der Waals surface area (Å²) in [5.41, 5.74) is 2.74. The number of benzene rings is 1. The van der Waals surface area contributed by atoms with Crippen LogP contribution in [0.15, 0.2) is 41.8 Å². The van der Waals surface area contributed by atoms with Crippen LogP contribution >= 0.6 is 11.3 Å². The number of para-hydroxylation sites is 1. The van der Waals surface area contributed by atoms with Crippen LogP contribution in [0, 0.1) is 13.8 Å². The number of amides is 1. The fraction of sp³-hybridized carbons (Fsp3) is 0.318. The molecule has 1 aliphatic rings. The van der Waals surface area contributed by atoms with Gasteiger partial charge in [0.25, 0.3) is 5.91 Å². The molecule has 3 aromatic rings. The third kappa shape index (κ3) is 3.40. The second-order valence-corrected chi connectivity index (χ2v) is 8.03. The van der Waals surface area contributed by atoms with Crippen molar-refractivity contribution in [2.24, 2.45) is 0 Å². The van der Waals surface area contributed by atoms with Crippen molar-refractivity contribution >= 4 is 34.1 Å². The molecule has 3 heterocycles. The molecule has 1 aliphatic heterocycles.